The van der Waals surface area contributed by atoms with Crippen molar-refractivity contribution in [2.24, 2.45) is 10.4 Å². The molecule has 0 atom stereocenters. The highest BCUT2D eigenvalue weighted by Crippen LogP contribution is 2.45. The van der Waals surface area contributed by atoms with Gasteiger partial charge in [-0.15, -0.1) is 24.0 Å². The zero-order valence-electron chi connectivity index (χ0n) is 16.9. The van der Waals surface area contributed by atoms with E-state index in [-0.39, 0.29) is 24.0 Å². The Bertz CT molecular complexity index is 793. The molecule has 0 bridgehead atoms. The molecule has 152 valence electrons. The average molecular weight is 494 g/mol. The van der Waals surface area contributed by atoms with Crippen LogP contribution in [-0.4, -0.2) is 42.5 Å². The first-order valence-electron chi connectivity index (χ1n) is 10.1. The monoisotopic (exact) mass is 494 g/mol. The van der Waals surface area contributed by atoms with E-state index in [1.165, 1.54) is 37.7 Å². The van der Waals surface area contributed by atoms with Gasteiger partial charge in [0.1, 0.15) is 6.26 Å². The minimum atomic E-state index is 0. The van der Waals surface area contributed by atoms with Crippen LogP contribution in [0.25, 0.3) is 11.5 Å². The van der Waals surface area contributed by atoms with E-state index in [1.807, 2.05) is 7.05 Å². The molecule has 1 aromatic heterocycles. The zero-order valence-corrected chi connectivity index (χ0v) is 19.2. The SMILES string of the molecule is CN=C(NCCc1coc(-c2ccc(C)cc2)n1)N1CCC2(CCCC2)C1.I. The van der Waals surface area contributed by atoms with Crippen LogP contribution in [0.5, 0.6) is 0 Å². The van der Waals surface area contributed by atoms with Crippen molar-refractivity contribution in [3.8, 4) is 11.5 Å². The summed E-state index contributed by atoms with van der Waals surface area (Å²) in [7, 11) is 1.88. The number of hydrogen-bond acceptors (Lipinski definition) is 3. The Kier molecular flexibility index (Phi) is 7.01. The maximum absolute atomic E-state index is 5.66. The normalized spacial score (nSPS) is 18.5. The molecular weight excluding hydrogens is 463 g/mol. The Morgan fingerprint density at radius 2 is 1.96 bits per heavy atom. The third-order valence-corrected chi connectivity index (χ3v) is 6.13. The van der Waals surface area contributed by atoms with E-state index in [2.05, 4.69) is 51.4 Å². The number of hydrogen-bond donors (Lipinski definition) is 1. The molecule has 0 unspecified atom stereocenters. The molecule has 1 N–H and O–H groups in total. The molecule has 2 aliphatic rings. The molecule has 5 nitrogen and oxygen atoms in total. The van der Waals surface area contributed by atoms with Gasteiger partial charge >= 0.3 is 0 Å². The lowest BCUT2D eigenvalue weighted by molar-refractivity contribution is 0.309. The molecule has 1 aromatic carbocycles. The second-order valence-electron chi connectivity index (χ2n) is 8.11. The minimum Gasteiger partial charge on any atom is -0.444 e. The predicted molar refractivity (Wildman–Crippen MR) is 124 cm³/mol. The van der Waals surface area contributed by atoms with E-state index >= 15 is 0 Å². The topological polar surface area (TPSA) is 53.7 Å². The number of likely N-dealkylation sites (tertiary alicyclic amines) is 1. The minimum absolute atomic E-state index is 0. The molecule has 0 radical (unpaired) electrons. The number of guanidine groups is 1. The van der Waals surface area contributed by atoms with Crippen LogP contribution in [0, 0.1) is 12.3 Å². The van der Waals surface area contributed by atoms with Crippen LogP contribution in [-0.2, 0) is 6.42 Å². The van der Waals surface area contributed by atoms with E-state index in [0.717, 1.165) is 43.3 Å². The van der Waals surface area contributed by atoms with Crippen molar-refractivity contribution in [3.63, 3.8) is 0 Å². The molecule has 1 aliphatic carbocycles. The fraction of sp³-hybridized carbons (Fsp3) is 0.545. The molecule has 4 rings (SSSR count). The van der Waals surface area contributed by atoms with Crippen molar-refractivity contribution >= 4 is 29.9 Å². The molecule has 1 saturated heterocycles. The third-order valence-electron chi connectivity index (χ3n) is 6.13. The molecule has 2 heterocycles. The lowest BCUT2D eigenvalue weighted by Crippen LogP contribution is -2.41. The van der Waals surface area contributed by atoms with Crippen LogP contribution < -0.4 is 5.32 Å². The van der Waals surface area contributed by atoms with Crippen LogP contribution in [0.3, 0.4) is 0 Å². The van der Waals surface area contributed by atoms with Gasteiger partial charge in [-0.2, -0.15) is 0 Å². The number of oxazole rings is 1. The van der Waals surface area contributed by atoms with E-state index in [0.29, 0.717) is 11.3 Å². The number of nitrogens with one attached hydrogen (secondary N) is 1. The quantitative estimate of drug-likeness (QED) is 0.382. The second-order valence-corrected chi connectivity index (χ2v) is 8.11. The van der Waals surface area contributed by atoms with E-state index in [9.17, 15) is 0 Å². The maximum Gasteiger partial charge on any atom is 0.226 e. The van der Waals surface area contributed by atoms with Crippen LogP contribution in [0.2, 0.25) is 0 Å². The third kappa shape index (κ3) is 4.70. The van der Waals surface area contributed by atoms with Crippen molar-refractivity contribution in [3.05, 3.63) is 41.8 Å². The number of aliphatic imine (C=N–C) groups is 1. The van der Waals surface area contributed by atoms with Crippen molar-refractivity contribution in [2.45, 2.75) is 45.4 Å². The lowest BCUT2D eigenvalue weighted by atomic mass is 9.86. The first kappa shape index (κ1) is 21.1. The van der Waals surface area contributed by atoms with Gasteiger partial charge in [0.05, 0.1) is 5.69 Å². The number of benzene rings is 1. The van der Waals surface area contributed by atoms with Crippen LogP contribution in [0.1, 0.15) is 43.4 Å². The molecule has 0 amide bonds. The predicted octanol–water partition coefficient (Wildman–Crippen LogP) is 4.65. The van der Waals surface area contributed by atoms with Crippen molar-refractivity contribution in [1.82, 2.24) is 15.2 Å². The molecule has 28 heavy (non-hydrogen) atoms. The maximum atomic E-state index is 5.66. The van der Waals surface area contributed by atoms with Gasteiger partial charge in [0.25, 0.3) is 0 Å². The summed E-state index contributed by atoms with van der Waals surface area (Å²) >= 11 is 0. The fourth-order valence-electron chi connectivity index (χ4n) is 4.53. The first-order chi connectivity index (χ1) is 13.2. The Hall–Kier alpha value is -1.57. The zero-order chi connectivity index (χ0) is 18.7. The number of halogens is 1. The van der Waals surface area contributed by atoms with Gasteiger partial charge < -0.3 is 14.6 Å². The van der Waals surface area contributed by atoms with Crippen LogP contribution >= 0.6 is 24.0 Å². The van der Waals surface area contributed by atoms with Gasteiger partial charge in [-0.05, 0) is 43.7 Å². The van der Waals surface area contributed by atoms with Crippen molar-refractivity contribution in [2.75, 3.05) is 26.7 Å². The highest BCUT2D eigenvalue weighted by Gasteiger charge is 2.40. The molecule has 1 spiro atoms. The van der Waals surface area contributed by atoms with Crippen molar-refractivity contribution < 1.29 is 4.42 Å². The second kappa shape index (κ2) is 9.29. The fourth-order valence-corrected chi connectivity index (χ4v) is 4.53. The van der Waals surface area contributed by atoms with E-state index in [1.54, 1.807) is 6.26 Å². The summed E-state index contributed by atoms with van der Waals surface area (Å²) in [4.78, 5) is 11.6. The molecule has 2 aromatic rings. The van der Waals surface area contributed by atoms with Crippen LogP contribution in [0.4, 0.5) is 0 Å². The number of rotatable bonds is 4. The number of aryl methyl sites for hydroxylation is 1. The largest absolute Gasteiger partial charge is 0.444 e. The summed E-state index contributed by atoms with van der Waals surface area (Å²) in [5.41, 5.74) is 3.80. The Morgan fingerprint density at radius 3 is 2.68 bits per heavy atom. The summed E-state index contributed by atoms with van der Waals surface area (Å²) < 4.78 is 5.66. The average Bonchev–Trinajstić information content (AvgIpc) is 3.42. The van der Waals surface area contributed by atoms with Gasteiger partial charge in [-0.3, -0.25) is 4.99 Å². The molecular formula is C22H31IN4O. The van der Waals surface area contributed by atoms with E-state index in [4.69, 9.17) is 4.42 Å². The number of nitrogens with zero attached hydrogens (tertiary/aromatic N) is 3. The summed E-state index contributed by atoms with van der Waals surface area (Å²) in [6.45, 7) is 5.18. The Balaban J connectivity index is 0.00000225. The first-order valence-corrected chi connectivity index (χ1v) is 10.1. The Labute approximate surface area is 185 Å². The van der Waals surface area contributed by atoms with Gasteiger partial charge in [0.15, 0.2) is 5.96 Å². The highest BCUT2D eigenvalue weighted by atomic mass is 127. The molecule has 2 fully saturated rings. The highest BCUT2D eigenvalue weighted by molar-refractivity contribution is 14.0. The van der Waals surface area contributed by atoms with Gasteiger partial charge in [0, 0.05) is 38.7 Å². The summed E-state index contributed by atoms with van der Waals surface area (Å²) in [6.07, 6.45) is 9.49. The van der Waals surface area contributed by atoms with Crippen molar-refractivity contribution in [1.29, 1.82) is 0 Å². The lowest BCUT2D eigenvalue weighted by Gasteiger charge is -2.25. The molecule has 6 heteroatoms. The molecule has 1 saturated carbocycles. The standard InChI is InChI=1S/C22H30N4O.HI/c1-17-5-7-18(8-6-17)20-25-19(15-27-20)9-13-24-21(23-2)26-14-12-22(16-26)10-3-4-11-22;/h5-8,15H,3-4,9-14,16H2,1-2H3,(H,23,24);1H. The molecule has 1 aliphatic heterocycles. The summed E-state index contributed by atoms with van der Waals surface area (Å²) in [5.74, 6) is 1.72. The van der Waals surface area contributed by atoms with Gasteiger partial charge in [-0.25, -0.2) is 4.98 Å². The van der Waals surface area contributed by atoms with Gasteiger partial charge in [0.2, 0.25) is 5.89 Å². The summed E-state index contributed by atoms with van der Waals surface area (Å²) in [6, 6.07) is 8.27. The van der Waals surface area contributed by atoms with Crippen LogP contribution in [0.15, 0.2) is 39.9 Å². The number of aromatic nitrogens is 1. The van der Waals surface area contributed by atoms with Gasteiger partial charge in [-0.1, -0.05) is 30.5 Å². The smallest absolute Gasteiger partial charge is 0.226 e. The summed E-state index contributed by atoms with van der Waals surface area (Å²) in [5, 5.41) is 3.52. The Morgan fingerprint density at radius 1 is 1.21 bits per heavy atom. The van der Waals surface area contributed by atoms with E-state index < -0.39 is 0 Å².